The van der Waals surface area contributed by atoms with Crippen LogP contribution in [0.2, 0.25) is 0 Å². The summed E-state index contributed by atoms with van der Waals surface area (Å²) in [5.41, 5.74) is 1.09. The Kier molecular flexibility index (Phi) is 4.37. The van der Waals surface area contributed by atoms with Crippen molar-refractivity contribution in [2.75, 3.05) is 19.0 Å². The van der Waals surface area contributed by atoms with Crippen LogP contribution in [0.3, 0.4) is 0 Å². The van der Waals surface area contributed by atoms with Crippen molar-refractivity contribution in [1.29, 1.82) is 0 Å². The van der Waals surface area contributed by atoms with Crippen LogP contribution in [-0.2, 0) is 0 Å². The van der Waals surface area contributed by atoms with Crippen LogP contribution in [-0.4, -0.2) is 35.6 Å². The molecule has 0 radical (unpaired) electrons. The van der Waals surface area contributed by atoms with Gasteiger partial charge < -0.3 is 4.90 Å². The van der Waals surface area contributed by atoms with E-state index < -0.39 is 0 Å². The Balaban J connectivity index is 2.19. The zero-order valence-corrected chi connectivity index (χ0v) is 10.9. The number of hydrogen-bond donors (Lipinski definition) is 0. The molecule has 1 aromatic rings. The van der Waals surface area contributed by atoms with Crippen LogP contribution < -0.4 is 0 Å². The van der Waals surface area contributed by atoms with Gasteiger partial charge in [0.15, 0.2) is 5.78 Å². The number of halogens is 1. The number of rotatable bonds is 4. The first kappa shape index (κ1) is 13.1. The van der Waals surface area contributed by atoms with Crippen LogP contribution in [0.15, 0.2) is 24.3 Å². The molecule has 0 aromatic heterocycles. The van der Waals surface area contributed by atoms with Crippen molar-refractivity contribution in [2.24, 2.45) is 0 Å². The van der Waals surface area contributed by atoms with E-state index in [1.807, 2.05) is 0 Å². The molecule has 4 heteroatoms. The summed E-state index contributed by atoms with van der Waals surface area (Å²) in [6.07, 6.45) is 2.18. The molecule has 0 unspecified atom stereocenters. The number of Topliss-reactive ketones (excluding diaryl/α,β-unsaturated/α-hetero) is 1. The van der Waals surface area contributed by atoms with Crippen molar-refractivity contribution in [3.05, 3.63) is 35.4 Å². The molecule has 0 N–H and O–H groups in total. The minimum Gasteiger partial charge on any atom is -0.338 e. The SMILES string of the molecule is O=C1CCN(CCCCCl)C(=O)c2ccccc21. The Labute approximate surface area is 112 Å². The lowest BCUT2D eigenvalue weighted by molar-refractivity contribution is 0.0756. The summed E-state index contributed by atoms with van der Waals surface area (Å²) in [4.78, 5) is 26.0. The van der Waals surface area contributed by atoms with E-state index in [1.165, 1.54) is 0 Å². The third-order valence-electron chi connectivity index (χ3n) is 3.17. The number of unbranched alkanes of at least 4 members (excludes halogenated alkanes) is 1. The fourth-order valence-corrected chi connectivity index (χ4v) is 2.36. The number of benzene rings is 1. The van der Waals surface area contributed by atoms with Crippen molar-refractivity contribution in [3.63, 3.8) is 0 Å². The third-order valence-corrected chi connectivity index (χ3v) is 3.43. The summed E-state index contributed by atoms with van der Waals surface area (Å²) in [6.45, 7) is 1.18. The molecule has 0 aliphatic carbocycles. The highest BCUT2D eigenvalue weighted by molar-refractivity contribution is 6.17. The molecule has 0 saturated carbocycles. The van der Waals surface area contributed by atoms with Crippen molar-refractivity contribution in [1.82, 2.24) is 4.90 Å². The maximum atomic E-state index is 12.3. The van der Waals surface area contributed by atoms with E-state index in [1.54, 1.807) is 29.2 Å². The molecule has 18 heavy (non-hydrogen) atoms. The molecular formula is C14H16ClNO2. The molecule has 96 valence electrons. The number of ketones is 1. The minimum absolute atomic E-state index is 0.0361. The summed E-state index contributed by atoms with van der Waals surface area (Å²) in [5.74, 6) is 0.627. The molecular weight excluding hydrogens is 250 g/mol. The second-order valence-electron chi connectivity index (χ2n) is 4.41. The summed E-state index contributed by atoms with van der Waals surface area (Å²) < 4.78 is 0. The van der Waals surface area contributed by atoms with Gasteiger partial charge in [0, 0.05) is 31.0 Å². The highest BCUT2D eigenvalue weighted by Crippen LogP contribution is 2.18. The van der Waals surface area contributed by atoms with Gasteiger partial charge in [0.05, 0.1) is 5.56 Å². The zero-order valence-electron chi connectivity index (χ0n) is 10.2. The molecule has 1 aliphatic rings. The number of alkyl halides is 1. The number of fused-ring (bicyclic) bond motifs is 1. The maximum Gasteiger partial charge on any atom is 0.254 e. The monoisotopic (exact) mass is 265 g/mol. The predicted octanol–water partition coefficient (Wildman–Crippen LogP) is 2.73. The minimum atomic E-state index is -0.0361. The Bertz CT molecular complexity index is 459. The number of carbonyl (C=O) groups excluding carboxylic acids is 2. The van der Waals surface area contributed by atoms with Crippen molar-refractivity contribution < 1.29 is 9.59 Å². The molecule has 3 nitrogen and oxygen atoms in total. The number of amides is 1. The number of hydrogen-bond acceptors (Lipinski definition) is 2. The van der Waals surface area contributed by atoms with Gasteiger partial charge in [-0.25, -0.2) is 0 Å². The van der Waals surface area contributed by atoms with Gasteiger partial charge in [-0.05, 0) is 18.9 Å². The quantitative estimate of drug-likeness (QED) is 0.620. The van der Waals surface area contributed by atoms with E-state index in [0.29, 0.717) is 36.5 Å². The molecule has 0 spiro atoms. The summed E-state index contributed by atoms with van der Waals surface area (Å²) >= 11 is 5.63. The second kappa shape index (κ2) is 6.01. The van der Waals surface area contributed by atoms with Gasteiger partial charge in [0.1, 0.15) is 0 Å². The molecule has 0 fully saturated rings. The normalized spacial score (nSPS) is 15.5. The number of carbonyl (C=O) groups is 2. The molecule has 1 heterocycles. The van der Waals surface area contributed by atoms with Gasteiger partial charge in [0.2, 0.25) is 0 Å². The van der Waals surface area contributed by atoms with Crippen molar-refractivity contribution in [2.45, 2.75) is 19.3 Å². The Morgan fingerprint density at radius 1 is 1.11 bits per heavy atom. The van der Waals surface area contributed by atoms with Gasteiger partial charge >= 0.3 is 0 Å². The summed E-state index contributed by atoms with van der Waals surface area (Å²) in [6, 6.07) is 7.06. The maximum absolute atomic E-state index is 12.3. The van der Waals surface area contributed by atoms with Crippen molar-refractivity contribution in [3.8, 4) is 0 Å². The lowest BCUT2D eigenvalue weighted by atomic mass is 10.0. The van der Waals surface area contributed by atoms with E-state index in [0.717, 1.165) is 12.8 Å². The predicted molar refractivity (Wildman–Crippen MR) is 71.2 cm³/mol. The first-order valence-corrected chi connectivity index (χ1v) is 6.75. The van der Waals surface area contributed by atoms with Gasteiger partial charge in [-0.3, -0.25) is 9.59 Å². The molecule has 0 atom stereocenters. The van der Waals surface area contributed by atoms with Gasteiger partial charge in [-0.15, -0.1) is 11.6 Å². The van der Waals surface area contributed by atoms with Crippen molar-refractivity contribution >= 4 is 23.3 Å². The third kappa shape index (κ3) is 2.72. The molecule has 1 amide bonds. The highest BCUT2D eigenvalue weighted by Gasteiger charge is 2.25. The van der Waals surface area contributed by atoms with Gasteiger partial charge in [-0.1, -0.05) is 18.2 Å². The largest absolute Gasteiger partial charge is 0.338 e. The van der Waals surface area contributed by atoms with Crippen LogP contribution in [0.1, 0.15) is 40.0 Å². The topological polar surface area (TPSA) is 37.4 Å². The summed E-state index contributed by atoms with van der Waals surface area (Å²) in [7, 11) is 0. The van der Waals surface area contributed by atoms with Crippen LogP contribution in [0.25, 0.3) is 0 Å². The Morgan fingerprint density at radius 3 is 2.56 bits per heavy atom. The second-order valence-corrected chi connectivity index (χ2v) is 4.79. The Hall–Kier alpha value is -1.35. The fourth-order valence-electron chi connectivity index (χ4n) is 2.17. The highest BCUT2D eigenvalue weighted by atomic mass is 35.5. The van der Waals surface area contributed by atoms with E-state index in [4.69, 9.17) is 11.6 Å². The smallest absolute Gasteiger partial charge is 0.254 e. The average Bonchev–Trinajstić information content (AvgIpc) is 2.52. The fraction of sp³-hybridized carbons (Fsp3) is 0.429. The van der Waals surface area contributed by atoms with Crippen LogP contribution in [0.5, 0.6) is 0 Å². The lowest BCUT2D eigenvalue weighted by Crippen LogP contribution is -2.32. The van der Waals surface area contributed by atoms with Crippen LogP contribution in [0, 0.1) is 0 Å². The van der Waals surface area contributed by atoms with Gasteiger partial charge in [-0.2, -0.15) is 0 Å². The first-order valence-electron chi connectivity index (χ1n) is 6.21. The molecule has 0 saturated heterocycles. The molecule has 0 bridgehead atoms. The molecule has 1 aromatic carbocycles. The standard InChI is InChI=1S/C14H16ClNO2/c15-8-3-4-9-16-10-7-13(17)11-5-1-2-6-12(11)14(16)18/h1-2,5-6H,3-4,7-10H2. The summed E-state index contributed by atoms with van der Waals surface area (Å²) in [5, 5.41) is 0. The first-order chi connectivity index (χ1) is 8.74. The number of nitrogens with zero attached hydrogens (tertiary/aromatic N) is 1. The molecule has 1 aliphatic heterocycles. The van der Waals surface area contributed by atoms with E-state index in [2.05, 4.69) is 0 Å². The van der Waals surface area contributed by atoms with Crippen LogP contribution >= 0.6 is 11.6 Å². The molecule has 2 rings (SSSR count). The van der Waals surface area contributed by atoms with Crippen LogP contribution in [0.4, 0.5) is 0 Å². The van der Waals surface area contributed by atoms with E-state index >= 15 is 0 Å². The van der Waals surface area contributed by atoms with Gasteiger partial charge in [0.25, 0.3) is 5.91 Å². The van der Waals surface area contributed by atoms with E-state index in [-0.39, 0.29) is 11.7 Å². The lowest BCUT2D eigenvalue weighted by Gasteiger charge is -2.20. The average molecular weight is 266 g/mol. The van der Waals surface area contributed by atoms with E-state index in [9.17, 15) is 9.59 Å². The zero-order chi connectivity index (χ0) is 13.0. The Morgan fingerprint density at radius 2 is 1.83 bits per heavy atom.